The standard InChI is InChI=1S/C50H42.C44H32N2.C24H16N2.BH4/c1-48(2,3)35-24-33-13-12-29-14-19-36(41-23-18-34(25-35)46(33)47(29)41)32-17-22-40-39-21-16-31(27-44(39)50(6,7)45(40)28-32)30-15-20-38-37-10-8-9-11-42(37)49(4,5)43(38)26-30;1-3-17-37(18-4-1)45(43-23-11-15-35-13-7-9-21-41(35)43)39-29-25-33(26-30-39)34-27-31-40(32-28-34)46(38-19-5-2-6-20-38)44-24-12-16-36-14-8-10-22-42(36)44;1-3-7-17(8-4-1)19-13-15-25-23-21(19)11-12-22-20(14-16-26-24(22)23)18-9-5-2-6-10-18;/h8-28H,1-7H3;1-32H;1-16H;1H4/q;;;-1. The Morgan fingerprint density at radius 1 is 0.228 bits per heavy atom. The lowest BCUT2D eigenvalue weighted by Gasteiger charge is -2.27. The van der Waals surface area contributed by atoms with Gasteiger partial charge in [0.05, 0.1) is 22.4 Å². The summed E-state index contributed by atoms with van der Waals surface area (Å²) in [6.07, 6.45) is 3.75. The molecule has 0 unspecified atom stereocenters. The van der Waals surface area contributed by atoms with Gasteiger partial charge in [-0.3, -0.25) is 9.97 Å². The van der Waals surface area contributed by atoms with Gasteiger partial charge in [0.15, 0.2) is 0 Å². The van der Waals surface area contributed by atoms with Gasteiger partial charge in [-0.2, -0.15) is 0 Å². The van der Waals surface area contributed by atoms with Crippen LogP contribution >= 0.6 is 0 Å². The Bertz CT molecular complexity index is 7290. The highest BCUT2D eigenvalue weighted by Gasteiger charge is 2.38. The van der Waals surface area contributed by atoms with E-state index in [0.717, 1.165) is 55.9 Å². The zero-order valence-electron chi connectivity index (χ0n) is 69.6. The number of hydrogen-bond donors (Lipinski definition) is 0. The first-order chi connectivity index (χ1) is 59.7. The van der Waals surface area contributed by atoms with E-state index in [9.17, 15) is 0 Å². The number of fused-ring (bicyclic) bond motifs is 11. The Kier molecular flexibility index (Phi) is 19.4. The highest BCUT2D eigenvalue weighted by molar-refractivity contribution is 6.26. The van der Waals surface area contributed by atoms with Gasteiger partial charge >= 0.3 is 0 Å². The van der Waals surface area contributed by atoms with E-state index in [4.69, 9.17) is 0 Å². The molecule has 0 atom stereocenters. The minimum Gasteiger partial charge on any atom is -0.310 e. The molecule has 0 saturated carbocycles. The maximum Gasteiger partial charge on any atom is 0.0970 e. The molecule has 2 aliphatic carbocycles. The molecular formula is C118H94BN4-. The van der Waals surface area contributed by atoms with Crippen LogP contribution in [0.4, 0.5) is 34.1 Å². The molecule has 123 heavy (non-hydrogen) atoms. The fourth-order valence-electron chi connectivity index (χ4n) is 19.5. The van der Waals surface area contributed by atoms with Crippen molar-refractivity contribution >= 4 is 118 Å². The van der Waals surface area contributed by atoms with Gasteiger partial charge < -0.3 is 9.80 Å². The topological polar surface area (TPSA) is 32.3 Å². The number of rotatable bonds is 11. The summed E-state index contributed by atoms with van der Waals surface area (Å²) in [4.78, 5) is 14.0. The van der Waals surface area contributed by atoms with Crippen molar-refractivity contribution in [2.45, 2.75) is 64.7 Å². The lowest BCUT2D eigenvalue weighted by Crippen LogP contribution is -2.15. The second kappa shape index (κ2) is 31.1. The Hall–Kier alpha value is -14.8. The van der Waals surface area contributed by atoms with Gasteiger partial charge in [-0.05, 0) is 245 Å². The van der Waals surface area contributed by atoms with Crippen LogP contribution < -0.4 is 9.80 Å². The van der Waals surface area contributed by atoms with Gasteiger partial charge in [-0.1, -0.05) is 372 Å². The van der Waals surface area contributed by atoms with Gasteiger partial charge in [-0.15, -0.1) is 0 Å². The first-order valence-electron chi connectivity index (χ1n) is 42.6. The van der Waals surface area contributed by atoms with E-state index < -0.39 is 0 Å². The van der Waals surface area contributed by atoms with E-state index in [0.29, 0.717) is 0 Å². The van der Waals surface area contributed by atoms with Crippen LogP contribution in [-0.2, 0) is 16.2 Å². The summed E-state index contributed by atoms with van der Waals surface area (Å²) in [6, 6.07) is 148. The van der Waals surface area contributed by atoms with Crippen LogP contribution in [0.15, 0.2) is 419 Å². The molecule has 0 fully saturated rings. The van der Waals surface area contributed by atoms with Crippen molar-refractivity contribution in [1.82, 2.24) is 9.97 Å². The van der Waals surface area contributed by atoms with Gasteiger partial charge in [0, 0.05) is 67.5 Å². The summed E-state index contributed by atoms with van der Waals surface area (Å²) in [5, 5.41) is 15.2. The molecule has 0 saturated heterocycles. The first kappa shape index (κ1) is 76.9. The smallest absolute Gasteiger partial charge is 0.0970 e. The minimum atomic E-state index is -0.115. The molecule has 590 valence electrons. The molecule has 2 aromatic heterocycles. The molecule has 0 bridgehead atoms. The number of aromatic nitrogens is 2. The summed E-state index contributed by atoms with van der Waals surface area (Å²) in [5.74, 6) is 0. The van der Waals surface area contributed by atoms with Gasteiger partial charge in [-0.25, -0.2) is 0 Å². The zero-order valence-corrected chi connectivity index (χ0v) is 69.6. The third-order valence-corrected chi connectivity index (χ3v) is 25.8. The van der Waals surface area contributed by atoms with Crippen molar-refractivity contribution < 1.29 is 0 Å². The fraction of sp³-hybridized carbons (Fsp3) is 0.0847. The molecule has 2 aliphatic rings. The van der Waals surface area contributed by atoms with Crippen LogP contribution in [0.3, 0.4) is 0 Å². The largest absolute Gasteiger partial charge is 0.310 e. The average molecular weight is 1580 g/mol. The van der Waals surface area contributed by atoms with Gasteiger partial charge in [0.25, 0.3) is 0 Å². The van der Waals surface area contributed by atoms with Crippen LogP contribution in [-0.4, -0.2) is 18.4 Å². The average Bonchev–Trinajstić information content (AvgIpc) is 1.51. The Morgan fingerprint density at radius 3 is 1.07 bits per heavy atom. The molecular weight excluding hydrogens is 1480 g/mol. The number of hydrogen-bond acceptors (Lipinski definition) is 4. The molecule has 4 nitrogen and oxygen atoms in total. The maximum absolute atomic E-state index is 4.67. The number of anilines is 6. The van der Waals surface area contributed by atoms with Crippen molar-refractivity contribution in [2.75, 3.05) is 9.80 Å². The maximum atomic E-state index is 4.67. The zero-order chi connectivity index (χ0) is 82.4. The minimum absolute atomic E-state index is 0. The summed E-state index contributed by atoms with van der Waals surface area (Å²) in [5.41, 5.74) is 33.5. The van der Waals surface area contributed by atoms with E-state index in [-0.39, 0.29) is 24.7 Å². The third-order valence-electron chi connectivity index (χ3n) is 25.8. The molecule has 0 radical (unpaired) electrons. The van der Waals surface area contributed by atoms with Crippen molar-refractivity contribution in [3.05, 3.63) is 447 Å². The molecule has 2 heterocycles. The van der Waals surface area contributed by atoms with E-state index in [1.807, 2.05) is 24.5 Å². The van der Waals surface area contributed by atoms with Crippen LogP contribution in [0.25, 0.3) is 154 Å². The molecule has 0 N–H and O–H groups in total. The van der Waals surface area contributed by atoms with Crippen molar-refractivity contribution in [3.8, 4) is 77.9 Å². The van der Waals surface area contributed by atoms with Gasteiger partial charge in [0.1, 0.15) is 0 Å². The van der Waals surface area contributed by atoms with Crippen molar-refractivity contribution in [2.24, 2.45) is 0 Å². The lowest BCUT2D eigenvalue weighted by atomic mass is 9.79. The number of benzene rings is 19. The molecule has 19 aromatic carbocycles. The monoisotopic (exact) mass is 1580 g/mol. The first-order valence-corrected chi connectivity index (χ1v) is 42.6. The second-order valence-corrected chi connectivity index (χ2v) is 34.8. The Labute approximate surface area is 722 Å². The molecule has 0 spiro atoms. The van der Waals surface area contributed by atoms with Crippen LogP contribution in [0.1, 0.15) is 76.3 Å². The van der Waals surface area contributed by atoms with Crippen LogP contribution in [0.5, 0.6) is 0 Å². The quantitative estimate of drug-likeness (QED) is 0.0954. The van der Waals surface area contributed by atoms with Gasteiger partial charge in [0.2, 0.25) is 0 Å². The lowest BCUT2D eigenvalue weighted by molar-refractivity contribution is 0.591. The fourth-order valence-corrected chi connectivity index (χ4v) is 19.5. The molecule has 0 aliphatic heterocycles. The van der Waals surface area contributed by atoms with E-state index in [1.54, 1.807) is 0 Å². The second-order valence-electron chi connectivity index (χ2n) is 34.8. The molecule has 23 rings (SSSR count). The number of para-hydroxylation sites is 2. The summed E-state index contributed by atoms with van der Waals surface area (Å²) in [6.45, 7) is 16.5. The Balaban J connectivity index is 0.000000122. The predicted octanol–water partition coefficient (Wildman–Crippen LogP) is 31.1. The highest BCUT2D eigenvalue weighted by Crippen LogP contribution is 2.54. The summed E-state index contributed by atoms with van der Waals surface area (Å²) < 4.78 is 0. The highest BCUT2D eigenvalue weighted by atomic mass is 15.1. The van der Waals surface area contributed by atoms with Crippen LogP contribution in [0, 0.1) is 0 Å². The van der Waals surface area contributed by atoms with Crippen molar-refractivity contribution in [3.63, 3.8) is 0 Å². The third kappa shape index (κ3) is 13.6. The SMILES string of the molecule is CC(C)(C)c1cc2ccc3ccc(-c4ccc5c(c4)C(C)(C)c4cc(-c6ccc7c(c6)C(C)(C)c6ccccc6-7)ccc4-5)c4ccc(c1)c2c34.[BH4-].c1ccc(-c2ccnc3c2ccc2c(-c4ccccc4)ccnc23)cc1.c1ccc(N(c2ccc(-c3ccc(N(c4ccccc4)c4cccc5ccccc45)cc3)cc2)c2cccc3ccccc23)cc1. The molecule has 5 heteroatoms. The van der Waals surface area contributed by atoms with E-state index in [1.165, 1.54) is 160 Å². The van der Waals surface area contributed by atoms with E-state index in [2.05, 4.69) is 463 Å². The molecule has 0 amide bonds. The van der Waals surface area contributed by atoms with Crippen LogP contribution in [0.2, 0.25) is 0 Å². The van der Waals surface area contributed by atoms with Crippen molar-refractivity contribution in [1.29, 1.82) is 0 Å². The number of pyridine rings is 2. The summed E-state index contributed by atoms with van der Waals surface area (Å²) >= 11 is 0. The number of nitrogens with zero attached hydrogens (tertiary/aromatic N) is 4. The van der Waals surface area contributed by atoms with E-state index >= 15 is 0 Å². The molecule has 21 aromatic rings. The predicted molar refractivity (Wildman–Crippen MR) is 530 cm³/mol. The Morgan fingerprint density at radius 2 is 0.577 bits per heavy atom. The normalized spacial score (nSPS) is 12.7. The summed E-state index contributed by atoms with van der Waals surface area (Å²) in [7, 11) is 0.